The smallest absolute Gasteiger partial charge is 0.305 e. The number of thiazole rings is 1. The minimum Gasteiger partial charge on any atom is -0.483 e. The van der Waals surface area contributed by atoms with Crippen molar-refractivity contribution in [3.8, 4) is 5.75 Å². The summed E-state index contributed by atoms with van der Waals surface area (Å²) < 4.78 is 7.06. The maximum Gasteiger partial charge on any atom is 0.305 e. The predicted octanol–water partition coefficient (Wildman–Crippen LogP) is 6.20. The van der Waals surface area contributed by atoms with Crippen LogP contribution in [0.1, 0.15) is 28.3 Å². The Kier molecular flexibility index (Phi) is 7.03. The number of ether oxygens (including phenoxy) is 1. The van der Waals surface area contributed by atoms with E-state index in [4.69, 9.17) is 4.74 Å². The molecule has 2 bridgehead atoms. The quantitative estimate of drug-likeness (QED) is 0.232. The molecule has 2 N–H and O–H groups in total. The average molecular weight is 703 g/mol. The van der Waals surface area contributed by atoms with Crippen LogP contribution in [0.2, 0.25) is 0 Å². The molecule has 4 unspecified atom stereocenters. The van der Waals surface area contributed by atoms with E-state index in [1.165, 1.54) is 16.2 Å². The molecule has 8 rings (SSSR count). The number of fused-ring (bicyclic) bond motifs is 9. The van der Waals surface area contributed by atoms with Crippen LogP contribution in [0.3, 0.4) is 0 Å². The van der Waals surface area contributed by atoms with E-state index in [2.05, 4.69) is 26.2 Å². The Hall–Kier alpha value is -3.67. The van der Waals surface area contributed by atoms with Gasteiger partial charge in [0.1, 0.15) is 5.75 Å². The van der Waals surface area contributed by atoms with E-state index < -0.39 is 5.92 Å². The maximum absolute atomic E-state index is 14.0. The molecule has 1 aromatic heterocycles. The zero-order valence-corrected chi connectivity index (χ0v) is 27.3. The number of thioether (sulfide) groups is 1. The summed E-state index contributed by atoms with van der Waals surface area (Å²) in [6.45, 7) is 1.74. The number of aryl methyl sites for hydroxylation is 1. The molecule has 4 aromatic rings. The molecule has 3 fully saturated rings. The van der Waals surface area contributed by atoms with Crippen molar-refractivity contribution in [2.45, 2.75) is 29.5 Å². The lowest BCUT2D eigenvalue weighted by Crippen LogP contribution is -2.42. The second kappa shape index (κ2) is 11.0. The van der Waals surface area contributed by atoms with Crippen LogP contribution in [-0.4, -0.2) is 34.6 Å². The SMILES string of the molecule is Cc1ccccc1NC(=O)COc1ccc(Br)cc1[C@H]1c2sc(=O)[nH]c2SC2C1[C@H]1C[C@@H]2C2C(=O)N(c3ccccc3)C(=O)C21. The molecular formula is C34H28BrN3O5S2. The predicted molar refractivity (Wildman–Crippen MR) is 177 cm³/mol. The number of aromatic amines is 1. The molecule has 0 spiro atoms. The zero-order valence-electron chi connectivity index (χ0n) is 24.1. The van der Waals surface area contributed by atoms with Gasteiger partial charge in [-0.15, -0.1) is 11.8 Å². The Morgan fingerprint density at radius 3 is 2.51 bits per heavy atom. The molecule has 2 aliphatic heterocycles. The highest BCUT2D eigenvalue weighted by atomic mass is 79.9. The van der Waals surface area contributed by atoms with Crippen molar-refractivity contribution in [2.24, 2.45) is 29.6 Å². The van der Waals surface area contributed by atoms with Gasteiger partial charge in [-0.2, -0.15) is 0 Å². The van der Waals surface area contributed by atoms with Crippen molar-refractivity contribution in [1.82, 2.24) is 4.98 Å². The molecule has 1 saturated heterocycles. The van der Waals surface area contributed by atoms with Gasteiger partial charge in [0.25, 0.3) is 5.91 Å². The van der Waals surface area contributed by atoms with Gasteiger partial charge in [-0.3, -0.25) is 24.1 Å². The van der Waals surface area contributed by atoms with Gasteiger partial charge in [-0.1, -0.05) is 63.7 Å². The van der Waals surface area contributed by atoms with Gasteiger partial charge in [-0.05, 0) is 73.1 Å². The minimum atomic E-state index is -0.402. The third-order valence-corrected chi connectivity index (χ3v) is 12.9. The van der Waals surface area contributed by atoms with Gasteiger partial charge >= 0.3 is 4.87 Å². The van der Waals surface area contributed by atoms with E-state index in [0.29, 0.717) is 11.4 Å². The molecule has 8 nitrogen and oxygen atoms in total. The topological polar surface area (TPSA) is 109 Å². The van der Waals surface area contributed by atoms with Crippen molar-refractivity contribution >= 4 is 68.1 Å². The number of para-hydroxylation sites is 2. The monoisotopic (exact) mass is 701 g/mol. The summed E-state index contributed by atoms with van der Waals surface area (Å²) in [6, 6.07) is 22.5. The first-order valence-corrected chi connectivity index (χ1v) is 17.4. The summed E-state index contributed by atoms with van der Waals surface area (Å²) in [6.07, 6.45) is 0.788. The van der Waals surface area contributed by atoms with Crippen LogP contribution in [0, 0.1) is 36.5 Å². The zero-order chi connectivity index (χ0) is 31.0. The van der Waals surface area contributed by atoms with Crippen molar-refractivity contribution in [1.29, 1.82) is 0 Å². The number of carbonyl (C=O) groups excluding carboxylic acids is 3. The van der Waals surface area contributed by atoms with Gasteiger partial charge in [0.2, 0.25) is 11.8 Å². The number of benzene rings is 3. The highest BCUT2D eigenvalue weighted by Gasteiger charge is 2.69. The van der Waals surface area contributed by atoms with E-state index in [9.17, 15) is 19.2 Å². The van der Waals surface area contributed by atoms with Gasteiger partial charge in [0, 0.05) is 31.8 Å². The Labute approximate surface area is 275 Å². The van der Waals surface area contributed by atoms with Crippen LogP contribution in [0.25, 0.3) is 0 Å². The second-order valence-electron chi connectivity index (χ2n) is 12.1. The third-order valence-electron chi connectivity index (χ3n) is 9.82. The molecule has 0 radical (unpaired) electrons. The lowest BCUT2D eigenvalue weighted by molar-refractivity contribution is -0.123. The average Bonchev–Trinajstić information content (AvgIpc) is 3.77. The molecule has 4 aliphatic rings. The minimum absolute atomic E-state index is 0.00474. The summed E-state index contributed by atoms with van der Waals surface area (Å²) in [5.41, 5.74) is 3.16. The first kappa shape index (κ1) is 28.8. The number of imide groups is 1. The normalized spacial score (nSPS) is 27.7. The number of halogens is 1. The lowest BCUT2D eigenvalue weighted by Gasteiger charge is -2.43. The van der Waals surface area contributed by atoms with Gasteiger partial charge in [0.15, 0.2) is 6.61 Å². The molecule has 3 amide bonds. The number of hydrogen-bond donors (Lipinski definition) is 2. The van der Waals surface area contributed by atoms with Crippen molar-refractivity contribution in [2.75, 3.05) is 16.8 Å². The first-order valence-electron chi connectivity index (χ1n) is 14.9. The van der Waals surface area contributed by atoms with E-state index >= 15 is 0 Å². The second-order valence-corrected chi connectivity index (χ2v) is 15.3. The summed E-state index contributed by atoms with van der Waals surface area (Å²) >= 11 is 6.48. The lowest BCUT2D eigenvalue weighted by atomic mass is 9.68. The van der Waals surface area contributed by atoms with Gasteiger partial charge in [0.05, 0.1) is 22.5 Å². The molecule has 228 valence electrons. The summed E-state index contributed by atoms with van der Waals surface area (Å²) in [4.78, 5) is 58.7. The Morgan fingerprint density at radius 2 is 1.73 bits per heavy atom. The number of carbonyl (C=O) groups is 3. The van der Waals surface area contributed by atoms with Crippen LogP contribution in [0.15, 0.2) is 87.1 Å². The fraction of sp³-hybridized carbons (Fsp3) is 0.294. The van der Waals surface area contributed by atoms with E-state index in [0.717, 1.165) is 37.6 Å². The summed E-state index contributed by atoms with van der Waals surface area (Å²) in [7, 11) is 0. The number of aromatic nitrogens is 1. The highest BCUT2D eigenvalue weighted by Crippen LogP contribution is 2.69. The van der Waals surface area contributed by atoms with Crippen LogP contribution >= 0.6 is 39.0 Å². The largest absolute Gasteiger partial charge is 0.483 e. The van der Waals surface area contributed by atoms with Crippen molar-refractivity contribution in [3.63, 3.8) is 0 Å². The fourth-order valence-electron chi connectivity index (χ4n) is 8.13. The number of hydrogen-bond acceptors (Lipinski definition) is 7. The Balaban J connectivity index is 1.15. The number of rotatable bonds is 6. The number of nitrogens with zero attached hydrogens (tertiary/aromatic N) is 1. The molecule has 3 aromatic carbocycles. The third kappa shape index (κ3) is 4.61. The highest BCUT2D eigenvalue weighted by molar-refractivity contribution is 9.10. The number of anilines is 2. The summed E-state index contributed by atoms with van der Waals surface area (Å²) in [5.74, 6) is -0.997. The number of amides is 3. The molecule has 11 heteroatoms. The van der Waals surface area contributed by atoms with E-state index in [1.54, 1.807) is 11.8 Å². The number of nitrogens with one attached hydrogen (secondary N) is 2. The standard InChI is InChI=1S/C34H28BrN3O5S2/c1-16-7-5-6-10-22(16)36-24(39)15-43-23-12-11-17(35)13-19(23)25-26-20-14-21(29(26)44-31-30(25)45-34(42)37-31)28-27(20)32(40)38(33(28)41)18-8-3-2-4-9-18/h2-13,20-21,25-29H,14-15H2,1H3,(H,36,39)(H,37,42)/t20-,21-,25-,26?,27?,28?,29?/m1/s1. The molecule has 2 saturated carbocycles. The van der Waals surface area contributed by atoms with Crippen molar-refractivity contribution < 1.29 is 19.1 Å². The Morgan fingerprint density at radius 1 is 1.00 bits per heavy atom. The fourth-order valence-corrected chi connectivity index (χ4v) is 11.4. The van der Waals surface area contributed by atoms with Crippen LogP contribution in [0.4, 0.5) is 11.4 Å². The van der Waals surface area contributed by atoms with Gasteiger partial charge < -0.3 is 15.0 Å². The molecule has 3 heterocycles. The van der Waals surface area contributed by atoms with Gasteiger partial charge in [-0.25, -0.2) is 0 Å². The maximum atomic E-state index is 14.0. The van der Waals surface area contributed by atoms with Crippen LogP contribution in [-0.2, 0) is 14.4 Å². The number of H-pyrrole nitrogens is 1. The van der Waals surface area contributed by atoms with Crippen molar-refractivity contribution in [3.05, 3.63) is 103 Å². The van der Waals surface area contributed by atoms with Crippen LogP contribution < -0.4 is 19.8 Å². The summed E-state index contributed by atoms with van der Waals surface area (Å²) in [5, 5.41) is 3.79. The van der Waals surface area contributed by atoms with E-state index in [-0.39, 0.29) is 64.0 Å². The van der Waals surface area contributed by atoms with Crippen LogP contribution in [0.5, 0.6) is 5.75 Å². The first-order chi connectivity index (χ1) is 21.8. The molecule has 45 heavy (non-hydrogen) atoms. The molecule has 2 aliphatic carbocycles. The van der Waals surface area contributed by atoms with E-state index in [1.807, 2.05) is 79.7 Å². The molecule has 7 atom stereocenters. The molecular weight excluding hydrogens is 674 g/mol. The Bertz CT molecular complexity index is 1930.